The summed E-state index contributed by atoms with van der Waals surface area (Å²) in [6.45, 7) is 2.05. The number of aromatic nitrogens is 3. The third kappa shape index (κ3) is 4.05. The van der Waals surface area contributed by atoms with E-state index in [4.69, 9.17) is 21.3 Å². The molecular formula is C27H26ClN5O2. The van der Waals surface area contributed by atoms with E-state index in [1.807, 2.05) is 28.8 Å². The Labute approximate surface area is 208 Å². The SMILES string of the molecule is COC(=O)c1cn(-c2nc(Nc3cc4c(c(C5CC5)c3)CCN(C)C4)ncc2Cl)c2ccccc12. The van der Waals surface area contributed by atoms with E-state index in [1.165, 1.54) is 36.6 Å². The number of rotatable bonds is 5. The lowest BCUT2D eigenvalue weighted by Crippen LogP contribution is -2.27. The molecule has 35 heavy (non-hydrogen) atoms. The van der Waals surface area contributed by atoms with E-state index in [0.29, 0.717) is 28.3 Å². The highest BCUT2D eigenvalue weighted by atomic mass is 35.5. The minimum Gasteiger partial charge on any atom is -0.465 e. The van der Waals surface area contributed by atoms with Crippen LogP contribution in [0.4, 0.5) is 11.6 Å². The highest BCUT2D eigenvalue weighted by Crippen LogP contribution is 2.44. The van der Waals surface area contributed by atoms with Crippen LogP contribution >= 0.6 is 11.6 Å². The van der Waals surface area contributed by atoms with Crippen molar-refractivity contribution in [1.82, 2.24) is 19.4 Å². The van der Waals surface area contributed by atoms with Gasteiger partial charge in [-0.25, -0.2) is 9.78 Å². The van der Waals surface area contributed by atoms with Gasteiger partial charge >= 0.3 is 5.97 Å². The first-order chi connectivity index (χ1) is 17.0. The number of ether oxygens (including phenoxy) is 1. The van der Waals surface area contributed by atoms with Gasteiger partial charge in [-0.3, -0.25) is 4.57 Å². The van der Waals surface area contributed by atoms with Crippen LogP contribution in [0.3, 0.4) is 0 Å². The number of halogens is 1. The monoisotopic (exact) mass is 487 g/mol. The second-order valence-corrected chi connectivity index (χ2v) is 9.78. The molecule has 7 nitrogen and oxygen atoms in total. The Balaban J connectivity index is 1.40. The summed E-state index contributed by atoms with van der Waals surface area (Å²) in [4.78, 5) is 23.9. The lowest BCUT2D eigenvalue weighted by Gasteiger charge is -2.28. The number of likely N-dealkylation sites (N-methyl/N-ethyl adjacent to an activating group) is 1. The molecule has 0 radical (unpaired) electrons. The number of anilines is 2. The van der Waals surface area contributed by atoms with E-state index < -0.39 is 5.97 Å². The molecule has 1 aliphatic heterocycles. The number of esters is 1. The Morgan fingerprint density at radius 1 is 1.23 bits per heavy atom. The van der Waals surface area contributed by atoms with Crippen molar-refractivity contribution in [2.75, 3.05) is 26.0 Å². The number of carbonyl (C=O) groups excluding carboxylic acids is 1. The van der Waals surface area contributed by atoms with Crippen LogP contribution in [-0.2, 0) is 17.7 Å². The van der Waals surface area contributed by atoms with Crippen molar-refractivity contribution in [2.24, 2.45) is 0 Å². The molecule has 178 valence electrons. The van der Waals surface area contributed by atoms with E-state index >= 15 is 0 Å². The zero-order valence-corrected chi connectivity index (χ0v) is 20.5. The maximum atomic E-state index is 12.4. The molecule has 0 saturated heterocycles. The molecule has 2 aliphatic rings. The molecule has 1 N–H and O–H groups in total. The van der Waals surface area contributed by atoms with Gasteiger partial charge in [0.15, 0.2) is 5.82 Å². The second kappa shape index (κ2) is 8.66. The molecule has 0 atom stereocenters. The van der Waals surface area contributed by atoms with Crippen molar-refractivity contribution < 1.29 is 9.53 Å². The Morgan fingerprint density at radius 3 is 2.86 bits per heavy atom. The van der Waals surface area contributed by atoms with Crippen molar-refractivity contribution in [1.29, 1.82) is 0 Å². The van der Waals surface area contributed by atoms with E-state index in [9.17, 15) is 4.79 Å². The number of para-hydroxylation sites is 1. The maximum Gasteiger partial charge on any atom is 0.340 e. The quantitative estimate of drug-likeness (QED) is 0.376. The number of methoxy groups -OCH3 is 1. The Hall–Kier alpha value is -3.42. The number of hydrogen-bond donors (Lipinski definition) is 1. The van der Waals surface area contributed by atoms with Crippen LogP contribution < -0.4 is 5.32 Å². The Kier molecular flexibility index (Phi) is 5.46. The molecule has 2 aromatic carbocycles. The average molecular weight is 488 g/mol. The standard InChI is InChI=1S/C27H26ClN5O2/c1-32-10-9-19-17(14-32)11-18(12-21(19)16-7-8-16)30-27-29-13-23(28)25(31-27)33-15-22(26(34)35-2)20-5-3-4-6-24(20)33/h3-6,11-13,15-16H,7-10,14H2,1-2H3,(H,29,30,31). The summed E-state index contributed by atoms with van der Waals surface area (Å²) < 4.78 is 6.79. The predicted octanol–water partition coefficient (Wildman–Crippen LogP) is 5.47. The molecule has 1 saturated carbocycles. The van der Waals surface area contributed by atoms with E-state index in [0.717, 1.165) is 36.1 Å². The molecule has 0 unspecified atom stereocenters. The van der Waals surface area contributed by atoms with Crippen LogP contribution in [0.1, 0.15) is 45.8 Å². The van der Waals surface area contributed by atoms with Crippen molar-refractivity contribution in [3.63, 3.8) is 0 Å². The molecule has 6 rings (SSSR count). The summed E-state index contributed by atoms with van der Waals surface area (Å²) in [5.41, 5.74) is 6.61. The van der Waals surface area contributed by atoms with Crippen LogP contribution in [0.15, 0.2) is 48.8 Å². The molecule has 0 bridgehead atoms. The van der Waals surface area contributed by atoms with Crippen molar-refractivity contribution in [2.45, 2.75) is 31.7 Å². The molecule has 8 heteroatoms. The normalized spacial score (nSPS) is 15.7. The lowest BCUT2D eigenvalue weighted by atomic mass is 9.91. The van der Waals surface area contributed by atoms with E-state index in [-0.39, 0.29) is 0 Å². The molecule has 4 aromatic rings. The summed E-state index contributed by atoms with van der Waals surface area (Å²) in [5.74, 6) is 1.21. The third-order valence-electron chi connectivity index (χ3n) is 6.90. The van der Waals surface area contributed by atoms with E-state index in [2.05, 4.69) is 34.4 Å². The van der Waals surface area contributed by atoms with Crippen molar-refractivity contribution in [3.8, 4) is 5.82 Å². The zero-order chi connectivity index (χ0) is 24.1. The van der Waals surface area contributed by atoms with Gasteiger partial charge in [-0.2, -0.15) is 4.98 Å². The van der Waals surface area contributed by atoms with Gasteiger partial charge in [0.1, 0.15) is 5.02 Å². The molecule has 2 aromatic heterocycles. The summed E-state index contributed by atoms with van der Waals surface area (Å²) in [5, 5.41) is 4.58. The number of nitrogens with zero attached hydrogens (tertiary/aromatic N) is 4. The van der Waals surface area contributed by atoms with Gasteiger partial charge < -0.3 is 15.0 Å². The summed E-state index contributed by atoms with van der Waals surface area (Å²) >= 11 is 6.55. The predicted molar refractivity (Wildman–Crippen MR) is 137 cm³/mol. The zero-order valence-electron chi connectivity index (χ0n) is 19.7. The molecule has 0 amide bonds. The first-order valence-corrected chi connectivity index (χ1v) is 12.2. The second-order valence-electron chi connectivity index (χ2n) is 9.38. The summed E-state index contributed by atoms with van der Waals surface area (Å²) in [6.07, 6.45) is 6.93. The number of hydrogen-bond acceptors (Lipinski definition) is 6. The smallest absolute Gasteiger partial charge is 0.340 e. The van der Waals surface area contributed by atoms with Gasteiger partial charge in [0, 0.05) is 30.4 Å². The number of carbonyl (C=O) groups is 1. The summed E-state index contributed by atoms with van der Waals surface area (Å²) in [7, 11) is 3.54. The fourth-order valence-corrected chi connectivity index (χ4v) is 5.23. The topological polar surface area (TPSA) is 72.3 Å². The number of fused-ring (bicyclic) bond motifs is 2. The van der Waals surface area contributed by atoms with Crippen molar-refractivity contribution >= 4 is 40.1 Å². The fraction of sp³-hybridized carbons (Fsp3) is 0.296. The Bertz CT molecular complexity index is 1460. The highest BCUT2D eigenvalue weighted by molar-refractivity contribution is 6.32. The Morgan fingerprint density at radius 2 is 2.06 bits per heavy atom. The average Bonchev–Trinajstić information content (AvgIpc) is 3.64. The van der Waals surface area contributed by atoms with Crippen LogP contribution in [-0.4, -0.2) is 46.1 Å². The van der Waals surface area contributed by atoms with Crippen LogP contribution in [0.2, 0.25) is 5.02 Å². The largest absolute Gasteiger partial charge is 0.465 e. The lowest BCUT2D eigenvalue weighted by molar-refractivity contribution is 0.0603. The van der Waals surface area contributed by atoms with Gasteiger partial charge in [-0.15, -0.1) is 0 Å². The van der Waals surface area contributed by atoms with Gasteiger partial charge in [-0.05, 0) is 67.1 Å². The van der Waals surface area contributed by atoms with Crippen molar-refractivity contribution in [3.05, 3.63) is 76.1 Å². The van der Waals surface area contributed by atoms with Crippen LogP contribution in [0.25, 0.3) is 16.7 Å². The minimum atomic E-state index is -0.407. The van der Waals surface area contributed by atoms with Gasteiger partial charge in [0.05, 0.1) is 24.4 Å². The fourth-order valence-electron chi connectivity index (χ4n) is 5.05. The van der Waals surface area contributed by atoms with Crippen LogP contribution in [0, 0.1) is 0 Å². The highest BCUT2D eigenvalue weighted by Gasteiger charge is 2.29. The molecular weight excluding hydrogens is 462 g/mol. The molecule has 3 heterocycles. The minimum absolute atomic E-state index is 0.387. The first kappa shape index (κ1) is 22.1. The molecule has 1 aliphatic carbocycles. The maximum absolute atomic E-state index is 12.4. The number of nitrogens with one attached hydrogen (secondary N) is 1. The van der Waals surface area contributed by atoms with Crippen LogP contribution in [0.5, 0.6) is 0 Å². The van der Waals surface area contributed by atoms with E-state index in [1.54, 1.807) is 12.4 Å². The first-order valence-electron chi connectivity index (χ1n) is 11.8. The van der Waals surface area contributed by atoms with Gasteiger partial charge in [-0.1, -0.05) is 29.8 Å². The molecule has 1 fully saturated rings. The number of benzene rings is 2. The van der Waals surface area contributed by atoms with Gasteiger partial charge in [0.2, 0.25) is 5.95 Å². The summed E-state index contributed by atoms with van der Waals surface area (Å²) in [6, 6.07) is 12.1. The van der Waals surface area contributed by atoms with Gasteiger partial charge in [0.25, 0.3) is 0 Å². The molecule has 0 spiro atoms. The third-order valence-corrected chi connectivity index (χ3v) is 7.17.